The molecular weight excluding hydrogens is 354 g/mol. The van der Waals surface area contributed by atoms with Crippen LogP contribution >= 0.6 is 0 Å². The number of hydrogen-bond donors (Lipinski definition) is 0. The summed E-state index contributed by atoms with van der Waals surface area (Å²) in [5.41, 5.74) is 0.371. The van der Waals surface area contributed by atoms with Gasteiger partial charge in [0, 0.05) is 44.8 Å². The van der Waals surface area contributed by atoms with E-state index >= 15 is 0 Å². The molecule has 0 saturated carbocycles. The summed E-state index contributed by atoms with van der Waals surface area (Å²) in [5.74, 6) is 0.347. The van der Waals surface area contributed by atoms with Crippen LogP contribution in [0.2, 0.25) is 0 Å². The third kappa shape index (κ3) is 3.91. The van der Waals surface area contributed by atoms with Crippen molar-refractivity contribution in [1.82, 2.24) is 14.1 Å². The van der Waals surface area contributed by atoms with Gasteiger partial charge in [-0.25, -0.2) is 8.42 Å². The maximum atomic E-state index is 12.9. The summed E-state index contributed by atoms with van der Waals surface area (Å²) in [5, 5.41) is 0. The van der Waals surface area contributed by atoms with Crippen molar-refractivity contribution >= 4 is 22.3 Å². The van der Waals surface area contributed by atoms with E-state index < -0.39 is 10.0 Å². The molecule has 0 N–H and O–H groups in total. The number of sulfonamides is 1. The minimum absolute atomic E-state index is 0.171. The average Bonchev–Trinajstić information content (AvgIpc) is 2.68. The van der Waals surface area contributed by atoms with Crippen LogP contribution in [0.25, 0.3) is 0 Å². The molecule has 0 unspecified atom stereocenters. The van der Waals surface area contributed by atoms with Crippen LogP contribution in [-0.2, 0) is 14.8 Å². The molecule has 1 aromatic rings. The largest absolute Gasteiger partial charge is 0.342 e. The lowest BCUT2D eigenvalue weighted by molar-refractivity contribution is -0.119. The number of piperazine rings is 1. The number of carbonyl (C=O) groups is 2. The maximum Gasteiger partial charge on any atom is 0.254 e. The molecule has 1 aromatic carbocycles. The second-order valence-corrected chi connectivity index (χ2v) is 8.99. The van der Waals surface area contributed by atoms with E-state index in [9.17, 15) is 18.0 Å². The Bertz CT molecular complexity index is 764. The van der Waals surface area contributed by atoms with Crippen molar-refractivity contribution < 1.29 is 18.0 Å². The number of hydrogen-bond acceptors (Lipinski definition) is 4. The van der Waals surface area contributed by atoms with Gasteiger partial charge in [-0.3, -0.25) is 9.59 Å². The Labute approximate surface area is 154 Å². The first-order valence-electron chi connectivity index (χ1n) is 9.00. The zero-order valence-electron chi connectivity index (χ0n) is 15.0. The third-order valence-electron chi connectivity index (χ3n) is 5.21. The number of benzene rings is 1. The molecule has 26 heavy (non-hydrogen) atoms. The van der Waals surface area contributed by atoms with E-state index in [-0.39, 0.29) is 10.8 Å². The predicted molar refractivity (Wildman–Crippen MR) is 97.1 cm³/mol. The van der Waals surface area contributed by atoms with E-state index in [0.29, 0.717) is 50.7 Å². The van der Waals surface area contributed by atoms with Crippen LogP contribution in [0.15, 0.2) is 29.2 Å². The minimum atomic E-state index is -3.58. The normalized spacial score (nSPS) is 20.2. The molecule has 0 aliphatic carbocycles. The molecule has 2 aliphatic heterocycles. The number of amides is 2. The quantitative estimate of drug-likeness (QED) is 0.732. The number of carbonyl (C=O) groups excluding carboxylic acids is 2. The van der Waals surface area contributed by atoms with Gasteiger partial charge in [0.25, 0.3) is 5.91 Å². The molecule has 0 radical (unpaired) electrons. The second-order valence-electron chi connectivity index (χ2n) is 7.05. The number of piperidine rings is 1. The Morgan fingerprint density at radius 2 is 1.73 bits per heavy atom. The van der Waals surface area contributed by atoms with Crippen LogP contribution in [0, 0.1) is 5.92 Å². The van der Waals surface area contributed by atoms with E-state index in [1.807, 2.05) is 0 Å². The molecule has 8 heteroatoms. The summed E-state index contributed by atoms with van der Waals surface area (Å²) in [7, 11) is -3.58. The summed E-state index contributed by atoms with van der Waals surface area (Å²) in [6, 6.07) is 6.29. The smallest absolute Gasteiger partial charge is 0.254 e. The van der Waals surface area contributed by atoms with Crippen molar-refractivity contribution in [3.8, 4) is 0 Å². The highest BCUT2D eigenvalue weighted by Gasteiger charge is 2.29. The summed E-state index contributed by atoms with van der Waals surface area (Å²) in [6.45, 7) is 5.09. The fourth-order valence-corrected chi connectivity index (χ4v) is 4.89. The highest BCUT2D eigenvalue weighted by atomic mass is 32.2. The minimum Gasteiger partial charge on any atom is -0.342 e. The van der Waals surface area contributed by atoms with Crippen molar-refractivity contribution in [3.63, 3.8) is 0 Å². The lowest BCUT2D eigenvalue weighted by Gasteiger charge is -2.32. The molecule has 0 spiro atoms. The standard InChI is InChI=1S/C18H25N3O4S/c1-15-5-7-21(8-6-15)26(24,25)17-4-2-3-16(13-17)18(23)20-11-9-19(14-22)10-12-20/h2-4,13-15H,5-12H2,1H3. The molecule has 0 bridgehead atoms. The Morgan fingerprint density at radius 3 is 2.35 bits per heavy atom. The molecule has 2 saturated heterocycles. The summed E-state index contributed by atoms with van der Waals surface area (Å²) in [6.07, 6.45) is 2.51. The van der Waals surface area contributed by atoms with E-state index in [2.05, 4.69) is 6.92 Å². The van der Waals surface area contributed by atoms with Gasteiger partial charge >= 0.3 is 0 Å². The average molecular weight is 379 g/mol. The summed E-state index contributed by atoms with van der Waals surface area (Å²) in [4.78, 5) is 26.9. The fraction of sp³-hybridized carbons (Fsp3) is 0.556. The van der Waals surface area contributed by atoms with E-state index in [1.165, 1.54) is 10.4 Å². The van der Waals surface area contributed by atoms with Gasteiger partial charge in [-0.15, -0.1) is 0 Å². The highest BCUT2D eigenvalue weighted by molar-refractivity contribution is 7.89. The molecule has 2 fully saturated rings. The lowest BCUT2D eigenvalue weighted by Crippen LogP contribution is -2.48. The first-order valence-corrected chi connectivity index (χ1v) is 10.4. The van der Waals surface area contributed by atoms with Crippen LogP contribution in [0.4, 0.5) is 0 Å². The topological polar surface area (TPSA) is 78.0 Å². The summed E-state index contributed by atoms with van der Waals surface area (Å²) < 4.78 is 27.3. The van der Waals surface area contributed by atoms with E-state index in [0.717, 1.165) is 19.3 Å². The van der Waals surface area contributed by atoms with E-state index in [4.69, 9.17) is 0 Å². The zero-order chi connectivity index (χ0) is 18.7. The molecule has 0 atom stereocenters. The van der Waals surface area contributed by atoms with Gasteiger partial charge in [0.05, 0.1) is 4.90 Å². The Morgan fingerprint density at radius 1 is 1.08 bits per heavy atom. The zero-order valence-corrected chi connectivity index (χ0v) is 15.8. The second kappa shape index (κ2) is 7.75. The van der Waals surface area contributed by atoms with Gasteiger partial charge in [-0.05, 0) is 37.0 Å². The third-order valence-corrected chi connectivity index (χ3v) is 7.11. The Kier molecular flexibility index (Phi) is 5.62. The lowest BCUT2D eigenvalue weighted by atomic mass is 10.0. The van der Waals surface area contributed by atoms with Crippen LogP contribution in [0.3, 0.4) is 0 Å². The molecule has 3 rings (SSSR count). The van der Waals surface area contributed by atoms with Gasteiger partial charge in [-0.1, -0.05) is 13.0 Å². The molecule has 7 nitrogen and oxygen atoms in total. The van der Waals surface area contributed by atoms with Gasteiger partial charge < -0.3 is 9.80 Å². The SMILES string of the molecule is CC1CCN(S(=O)(=O)c2cccc(C(=O)N3CCN(C=O)CC3)c2)CC1. The Hall–Kier alpha value is -1.93. The van der Waals surface area contributed by atoms with Gasteiger partial charge in [-0.2, -0.15) is 4.31 Å². The van der Waals surface area contributed by atoms with Crippen LogP contribution in [0.1, 0.15) is 30.1 Å². The monoisotopic (exact) mass is 379 g/mol. The first kappa shape index (κ1) is 18.8. The van der Waals surface area contributed by atoms with Crippen LogP contribution < -0.4 is 0 Å². The predicted octanol–water partition coefficient (Wildman–Crippen LogP) is 1.02. The van der Waals surface area contributed by atoms with Gasteiger partial charge in [0.1, 0.15) is 0 Å². The molecule has 2 amide bonds. The molecule has 2 heterocycles. The molecule has 142 valence electrons. The number of rotatable bonds is 4. The molecule has 2 aliphatic rings. The first-order chi connectivity index (χ1) is 12.4. The highest BCUT2D eigenvalue weighted by Crippen LogP contribution is 2.24. The fourth-order valence-electron chi connectivity index (χ4n) is 3.38. The molecular formula is C18H25N3O4S. The Balaban J connectivity index is 1.75. The van der Waals surface area contributed by atoms with Gasteiger partial charge in [0.2, 0.25) is 16.4 Å². The van der Waals surface area contributed by atoms with Gasteiger partial charge in [0.15, 0.2) is 0 Å². The van der Waals surface area contributed by atoms with Crippen molar-refractivity contribution in [2.45, 2.75) is 24.7 Å². The van der Waals surface area contributed by atoms with Crippen LogP contribution in [0.5, 0.6) is 0 Å². The molecule has 0 aromatic heterocycles. The maximum absolute atomic E-state index is 12.9. The summed E-state index contributed by atoms with van der Waals surface area (Å²) >= 11 is 0. The van der Waals surface area contributed by atoms with E-state index in [1.54, 1.807) is 28.0 Å². The van der Waals surface area contributed by atoms with Crippen LogP contribution in [-0.4, -0.2) is 74.1 Å². The van der Waals surface area contributed by atoms with Crippen molar-refractivity contribution in [2.24, 2.45) is 5.92 Å². The number of nitrogens with zero attached hydrogens (tertiary/aromatic N) is 3. The van der Waals surface area contributed by atoms with Crippen molar-refractivity contribution in [2.75, 3.05) is 39.3 Å². The van der Waals surface area contributed by atoms with Crippen molar-refractivity contribution in [3.05, 3.63) is 29.8 Å². The van der Waals surface area contributed by atoms with Crippen molar-refractivity contribution in [1.29, 1.82) is 0 Å².